The molecule has 1 saturated heterocycles. The molecule has 1 N–H and O–H groups in total. The summed E-state index contributed by atoms with van der Waals surface area (Å²) < 4.78 is 43.6. The van der Waals surface area contributed by atoms with E-state index >= 15 is 0 Å². The molecule has 2 aromatic carbocycles. The number of carbonyl (C=O) groups is 1. The zero-order valence-corrected chi connectivity index (χ0v) is 18.6. The third-order valence-electron chi connectivity index (χ3n) is 5.11. The third-order valence-corrected chi connectivity index (χ3v) is 6.59. The number of nitrogens with one attached hydrogen (secondary N) is 1. The number of benzene rings is 2. The van der Waals surface area contributed by atoms with Crippen molar-refractivity contribution < 1.29 is 27.4 Å². The summed E-state index contributed by atoms with van der Waals surface area (Å²) in [4.78, 5) is 14.0. The van der Waals surface area contributed by atoms with Crippen molar-refractivity contribution in [3.8, 4) is 17.2 Å². The Hall–Kier alpha value is -2.78. The van der Waals surface area contributed by atoms with Crippen molar-refractivity contribution in [3.05, 3.63) is 48.0 Å². The number of hydrogen-bond donors (Lipinski definition) is 1. The lowest BCUT2D eigenvalue weighted by atomic mass is 10.1. The zero-order valence-electron chi connectivity index (χ0n) is 17.8. The summed E-state index contributed by atoms with van der Waals surface area (Å²) in [7, 11) is -0.538. The summed E-state index contributed by atoms with van der Waals surface area (Å²) in [5.41, 5.74) is 0.923. The van der Waals surface area contributed by atoms with Crippen LogP contribution in [0.15, 0.2) is 47.4 Å². The third kappa shape index (κ3) is 6.11. The highest BCUT2D eigenvalue weighted by Gasteiger charge is 2.18. The molecule has 2 aromatic rings. The summed E-state index contributed by atoms with van der Waals surface area (Å²) >= 11 is 0. The minimum atomic E-state index is -3.66. The standard InChI is InChI=1S/C22H28N2O6S/c1-28-20-10-5-17(15-21(20)29-2)11-12-23-31(26,27)19-8-6-18(7-9-19)30-16-22(25)24-13-3-4-14-24/h5-10,15,23H,3-4,11-14,16H2,1-2H3. The van der Waals surface area contributed by atoms with Crippen LogP contribution in [0.1, 0.15) is 18.4 Å². The minimum Gasteiger partial charge on any atom is -0.493 e. The topological polar surface area (TPSA) is 94.2 Å². The van der Waals surface area contributed by atoms with Gasteiger partial charge in [0.1, 0.15) is 5.75 Å². The summed E-state index contributed by atoms with van der Waals surface area (Å²) in [6, 6.07) is 11.5. The predicted octanol–water partition coefficient (Wildman–Crippen LogP) is 2.23. The van der Waals surface area contributed by atoms with Crippen LogP contribution in [0.3, 0.4) is 0 Å². The van der Waals surface area contributed by atoms with E-state index in [1.807, 2.05) is 12.1 Å². The van der Waals surface area contributed by atoms with Crippen molar-refractivity contribution in [1.29, 1.82) is 0 Å². The van der Waals surface area contributed by atoms with E-state index in [2.05, 4.69) is 4.72 Å². The maximum absolute atomic E-state index is 12.5. The summed E-state index contributed by atoms with van der Waals surface area (Å²) in [5.74, 6) is 1.63. The highest BCUT2D eigenvalue weighted by molar-refractivity contribution is 7.89. The molecule has 0 atom stereocenters. The smallest absolute Gasteiger partial charge is 0.260 e. The van der Waals surface area contributed by atoms with Gasteiger partial charge in [0.2, 0.25) is 10.0 Å². The normalized spacial score (nSPS) is 13.8. The number of carbonyl (C=O) groups excluding carboxylic acids is 1. The van der Waals surface area contributed by atoms with Gasteiger partial charge in [-0.25, -0.2) is 13.1 Å². The van der Waals surface area contributed by atoms with E-state index in [9.17, 15) is 13.2 Å². The van der Waals surface area contributed by atoms with E-state index in [-0.39, 0.29) is 24.0 Å². The Balaban J connectivity index is 1.51. The number of ether oxygens (including phenoxy) is 3. The Morgan fingerprint density at radius 3 is 2.32 bits per heavy atom. The number of nitrogens with zero attached hydrogens (tertiary/aromatic N) is 1. The van der Waals surface area contributed by atoms with Crippen LogP contribution >= 0.6 is 0 Å². The molecule has 3 rings (SSSR count). The Kier molecular flexibility index (Phi) is 7.75. The van der Waals surface area contributed by atoms with E-state index < -0.39 is 10.0 Å². The van der Waals surface area contributed by atoms with Gasteiger partial charge in [-0.15, -0.1) is 0 Å². The van der Waals surface area contributed by atoms with Crippen molar-refractivity contribution >= 4 is 15.9 Å². The molecule has 31 heavy (non-hydrogen) atoms. The van der Waals surface area contributed by atoms with Crippen molar-refractivity contribution in [1.82, 2.24) is 9.62 Å². The fourth-order valence-electron chi connectivity index (χ4n) is 3.37. The first-order valence-electron chi connectivity index (χ1n) is 10.1. The Bertz CT molecular complexity index is 986. The second kappa shape index (κ2) is 10.5. The quantitative estimate of drug-likeness (QED) is 0.599. The van der Waals surface area contributed by atoms with Crippen LogP contribution in [0, 0.1) is 0 Å². The van der Waals surface area contributed by atoms with Gasteiger partial charge in [-0.1, -0.05) is 6.07 Å². The second-order valence-electron chi connectivity index (χ2n) is 7.19. The lowest BCUT2D eigenvalue weighted by Gasteiger charge is -2.15. The number of sulfonamides is 1. The van der Waals surface area contributed by atoms with Crippen molar-refractivity contribution in [2.75, 3.05) is 40.5 Å². The molecule has 0 unspecified atom stereocenters. The molecule has 8 nitrogen and oxygen atoms in total. The number of likely N-dealkylation sites (tertiary alicyclic amines) is 1. The second-order valence-corrected chi connectivity index (χ2v) is 8.95. The molecule has 1 heterocycles. The van der Waals surface area contributed by atoms with E-state index in [1.165, 1.54) is 12.1 Å². The van der Waals surface area contributed by atoms with E-state index in [0.717, 1.165) is 31.5 Å². The molecule has 1 aliphatic heterocycles. The van der Waals surface area contributed by atoms with Crippen LogP contribution in [0.25, 0.3) is 0 Å². The SMILES string of the molecule is COc1ccc(CCNS(=O)(=O)c2ccc(OCC(=O)N3CCCC3)cc2)cc1OC. The highest BCUT2D eigenvalue weighted by atomic mass is 32.2. The lowest BCUT2D eigenvalue weighted by molar-refractivity contribution is -0.132. The van der Waals surface area contributed by atoms with Gasteiger partial charge in [-0.05, 0) is 61.2 Å². The van der Waals surface area contributed by atoms with Crippen molar-refractivity contribution in [2.45, 2.75) is 24.2 Å². The lowest BCUT2D eigenvalue weighted by Crippen LogP contribution is -2.32. The van der Waals surface area contributed by atoms with E-state index in [1.54, 1.807) is 37.3 Å². The monoisotopic (exact) mass is 448 g/mol. The number of methoxy groups -OCH3 is 2. The molecular formula is C22H28N2O6S. The van der Waals surface area contributed by atoms with E-state index in [0.29, 0.717) is 23.7 Å². The molecule has 168 valence electrons. The average Bonchev–Trinajstić information content (AvgIpc) is 3.32. The first kappa shape index (κ1) is 22.9. The van der Waals surface area contributed by atoms with Crippen LogP contribution in [-0.2, 0) is 21.2 Å². The number of hydrogen-bond acceptors (Lipinski definition) is 6. The first-order chi connectivity index (χ1) is 14.9. The van der Waals surface area contributed by atoms with E-state index in [4.69, 9.17) is 14.2 Å². The average molecular weight is 449 g/mol. The molecule has 1 aliphatic rings. The summed E-state index contributed by atoms with van der Waals surface area (Å²) in [5, 5.41) is 0. The van der Waals surface area contributed by atoms with Gasteiger partial charge in [0.05, 0.1) is 19.1 Å². The molecular weight excluding hydrogens is 420 g/mol. The fourth-order valence-corrected chi connectivity index (χ4v) is 4.40. The molecule has 0 saturated carbocycles. The van der Waals surface area contributed by atoms with Crippen LogP contribution in [0.4, 0.5) is 0 Å². The van der Waals surface area contributed by atoms with Gasteiger partial charge >= 0.3 is 0 Å². The van der Waals surface area contributed by atoms with Gasteiger partial charge in [0, 0.05) is 19.6 Å². The molecule has 9 heteroatoms. The predicted molar refractivity (Wildman–Crippen MR) is 116 cm³/mol. The zero-order chi connectivity index (χ0) is 22.3. The minimum absolute atomic E-state index is 0.0460. The van der Waals surface area contributed by atoms with Gasteiger partial charge in [0.15, 0.2) is 18.1 Å². The number of amides is 1. The maximum atomic E-state index is 12.5. The van der Waals surface area contributed by atoms with Gasteiger partial charge in [0.25, 0.3) is 5.91 Å². The summed E-state index contributed by atoms with van der Waals surface area (Å²) in [6.07, 6.45) is 2.55. The number of rotatable bonds is 10. The highest BCUT2D eigenvalue weighted by Crippen LogP contribution is 2.27. The van der Waals surface area contributed by atoms with Crippen molar-refractivity contribution in [3.63, 3.8) is 0 Å². The van der Waals surface area contributed by atoms with Crippen LogP contribution in [0.5, 0.6) is 17.2 Å². The first-order valence-corrected chi connectivity index (χ1v) is 11.6. The maximum Gasteiger partial charge on any atom is 0.260 e. The van der Waals surface area contributed by atoms with Crippen molar-refractivity contribution in [2.24, 2.45) is 0 Å². The molecule has 0 bridgehead atoms. The fraction of sp³-hybridized carbons (Fsp3) is 0.409. The molecule has 0 aliphatic carbocycles. The molecule has 0 aromatic heterocycles. The molecule has 0 radical (unpaired) electrons. The van der Waals surface area contributed by atoms with Gasteiger partial charge in [-0.3, -0.25) is 4.79 Å². The van der Waals surface area contributed by atoms with Gasteiger partial charge < -0.3 is 19.1 Å². The Morgan fingerprint density at radius 2 is 1.68 bits per heavy atom. The van der Waals surface area contributed by atoms with Gasteiger partial charge in [-0.2, -0.15) is 0 Å². The summed E-state index contributed by atoms with van der Waals surface area (Å²) in [6.45, 7) is 1.73. The van der Waals surface area contributed by atoms with Crippen LogP contribution in [0.2, 0.25) is 0 Å². The largest absolute Gasteiger partial charge is 0.493 e. The Morgan fingerprint density at radius 1 is 1.00 bits per heavy atom. The Labute approximate surface area is 183 Å². The van der Waals surface area contributed by atoms with Crippen LogP contribution in [-0.4, -0.2) is 59.7 Å². The molecule has 1 amide bonds. The van der Waals surface area contributed by atoms with Crippen LogP contribution < -0.4 is 18.9 Å². The molecule has 0 spiro atoms. The molecule has 1 fully saturated rings.